The van der Waals surface area contributed by atoms with Gasteiger partial charge in [0.15, 0.2) is 0 Å². The Kier molecular flexibility index (Phi) is 3.13. The molecule has 16 heavy (non-hydrogen) atoms. The number of Topliss-reactive ketones (excluding diaryl/α,β-unsaturated/α-hetero) is 1. The fraction of sp³-hybridized carbons (Fsp3) is 0. The molecule has 2 aromatic rings. The summed E-state index contributed by atoms with van der Waals surface area (Å²) in [5.74, 6) is 4.54. The van der Waals surface area contributed by atoms with Gasteiger partial charge in [-0.2, -0.15) is 0 Å². The van der Waals surface area contributed by atoms with E-state index >= 15 is 0 Å². The second-order valence-corrected chi connectivity index (χ2v) is 4.01. The maximum Gasteiger partial charge on any atom is 0.246 e. The van der Waals surface area contributed by atoms with E-state index < -0.39 is 0 Å². The Morgan fingerprint density at radius 3 is 2.81 bits per heavy atom. The average Bonchev–Trinajstić information content (AvgIpc) is 2.79. The van der Waals surface area contributed by atoms with Gasteiger partial charge < -0.3 is 0 Å². The molecule has 0 unspecified atom stereocenters. The molecule has 0 saturated heterocycles. The lowest BCUT2D eigenvalue weighted by Gasteiger charge is -1.89. The second kappa shape index (κ2) is 4.73. The third kappa shape index (κ3) is 2.56. The summed E-state index contributed by atoms with van der Waals surface area (Å²) >= 11 is 1.34. The van der Waals surface area contributed by atoms with Crippen molar-refractivity contribution in [2.24, 2.45) is 0 Å². The maximum atomic E-state index is 12.8. The van der Waals surface area contributed by atoms with Gasteiger partial charge in [-0.1, -0.05) is 18.1 Å². The first kappa shape index (κ1) is 10.6. The highest BCUT2D eigenvalue weighted by atomic mass is 32.1. The van der Waals surface area contributed by atoms with Gasteiger partial charge in [0.05, 0.1) is 4.88 Å². The molecule has 0 atom stereocenters. The molecule has 0 aliphatic rings. The molecule has 0 aliphatic heterocycles. The summed E-state index contributed by atoms with van der Waals surface area (Å²) in [4.78, 5) is 12.1. The Labute approximate surface area is 96.5 Å². The standard InChI is InChI=1S/C13H7FOS/c14-11-4-1-3-10(9-11)6-7-12(15)13-5-2-8-16-13/h1-5,8-9H. The van der Waals surface area contributed by atoms with Crippen molar-refractivity contribution in [1.82, 2.24) is 0 Å². The van der Waals surface area contributed by atoms with Crippen molar-refractivity contribution in [2.75, 3.05) is 0 Å². The molecule has 0 amide bonds. The Morgan fingerprint density at radius 2 is 2.12 bits per heavy atom. The molecule has 0 spiro atoms. The van der Waals surface area contributed by atoms with Crippen LogP contribution in [-0.2, 0) is 0 Å². The highest BCUT2D eigenvalue weighted by molar-refractivity contribution is 7.12. The van der Waals surface area contributed by atoms with Crippen LogP contribution in [0.1, 0.15) is 15.2 Å². The number of carbonyl (C=O) groups is 1. The fourth-order valence-electron chi connectivity index (χ4n) is 1.16. The van der Waals surface area contributed by atoms with Crippen LogP contribution in [0.3, 0.4) is 0 Å². The van der Waals surface area contributed by atoms with Crippen molar-refractivity contribution in [2.45, 2.75) is 0 Å². The fourth-order valence-corrected chi connectivity index (χ4v) is 1.78. The minimum atomic E-state index is -0.352. The van der Waals surface area contributed by atoms with Crippen molar-refractivity contribution >= 4 is 17.1 Å². The van der Waals surface area contributed by atoms with Crippen molar-refractivity contribution in [3.8, 4) is 11.8 Å². The van der Waals surface area contributed by atoms with Gasteiger partial charge in [-0.3, -0.25) is 4.79 Å². The third-order valence-electron chi connectivity index (χ3n) is 1.89. The molecule has 1 aromatic heterocycles. The topological polar surface area (TPSA) is 17.1 Å². The van der Waals surface area contributed by atoms with Crippen molar-refractivity contribution in [3.63, 3.8) is 0 Å². The summed E-state index contributed by atoms with van der Waals surface area (Å²) in [6.45, 7) is 0. The molecule has 0 fully saturated rings. The normalized spacial score (nSPS) is 9.31. The van der Waals surface area contributed by atoms with Gasteiger partial charge >= 0.3 is 0 Å². The third-order valence-corrected chi connectivity index (χ3v) is 2.76. The van der Waals surface area contributed by atoms with E-state index in [1.165, 1.54) is 23.5 Å². The predicted molar refractivity (Wildman–Crippen MR) is 61.9 cm³/mol. The number of halogens is 1. The van der Waals surface area contributed by atoms with E-state index in [2.05, 4.69) is 11.8 Å². The van der Waals surface area contributed by atoms with Gasteiger partial charge in [0.1, 0.15) is 5.82 Å². The van der Waals surface area contributed by atoms with Crippen LogP contribution in [0.5, 0.6) is 0 Å². The molecule has 0 bridgehead atoms. The first-order valence-electron chi connectivity index (χ1n) is 4.61. The van der Waals surface area contributed by atoms with E-state index in [1.807, 2.05) is 5.38 Å². The molecule has 0 aliphatic carbocycles. The number of ketones is 1. The van der Waals surface area contributed by atoms with Gasteiger partial charge in [0.2, 0.25) is 5.78 Å². The molecule has 0 N–H and O–H groups in total. The van der Waals surface area contributed by atoms with E-state index in [0.717, 1.165) is 0 Å². The number of hydrogen-bond donors (Lipinski definition) is 0. The number of benzene rings is 1. The smallest absolute Gasteiger partial charge is 0.246 e. The monoisotopic (exact) mass is 230 g/mol. The molecule has 0 saturated carbocycles. The molecule has 1 heterocycles. The summed E-state index contributed by atoms with van der Waals surface area (Å²) in [5, 5.41) is 1.82. The molecule has 1 aromatic carbocycles. The minimum absolute atomic E-state index is 0.237. The zero-order valence-corrected chi connectivity index (χ0v) is 9.05. The van der Waals surface area contributed by atoms with Crippen molar-refractivity contribution < 1.29 is 9.18 Å². The second-order valence-electron chi connectivity index (χ2n) is 3.07. The van der Waals surface area contributed by atoms with Gasteiger partial charge in [0, 0.05) is 5.56 Å². The maximum absolute atomic E-state index is 12.8. The molecule has 2 rings (SSSR count). The summed E-state index contributed by atoms with van der Waals surface area (Å²) < 4.78 is 12.8. The summed E-state index contributed by atoms with van der Waals surface area (Å²) in [7, 11) is 0. The zero-order valence-electron chi connectivity index (χ0n) is 8.24. The van der Waals surface area contributed by atoms with Crippen LogP contribution in [0.25, 0.3) is 0 Å². The van der Waals surface area contributed by atoms with Gasteiger partial charge in [0.25, 0.3) is 0 Å². The number of thiophene rings is 1. The Bertz CT molecular complexity index is 561. The molecule has 0 radical (unpaired) electrons. The summed E-state index contributed by atoms with van der Waals surface area (Å²) in [6, 6.07) is 9.38. The van der Waals surface area contributed by atoms with Crippen LogP contribution in [0, 0.1) is 17.7 Å². The Hall–Kier alpha value is -1.92. The van der Waals surface area contributed by atoms with Crippen LogP contribution in [0.2, 0.25) is 0 Å². The SMILES string of the molecule is O=C(C#Cc1cccc(F)c1)c1cccs1. The van der Waals surface area contributed by atoms with Crippen LogP contribution in [0.15, 0.2) is 41.8 Å². The van der Waals surface area contributed by atoms with E-state index in [-0.39, 0.29) is 11.6 Å². The number of carbonyl (C=O) groups excluding carboxylic acids is 1. The van der Waals surface area contributed by atoms with E-state index in [9.17, 15) is 9.18 Å². The molecule has 78 valence electrons. The summed E-state index contributed by atoms with van der Waals surface area (Å²) in [5.41, 5.74) is 0.505. The lowest BCUT2D eigenvalue weighted by Crippen LogP contribution is -1.90. The minimum Gasteiger partial charge on any atom is -0.278 e. The molecule has 1 nitrogen and oxygen atoms in total. The van der Waals surface area contributed by atoms with Crippen LogP contribution >= 0.6 is 11.3 Å². The van der Waals surface area contributed by atoms with Crippen molar-refractivity contribution in [3.05, 3.63) is 58.0 Å². The highest BCUT2D eigenvalue weighted by Crippen LogP contribution is 2.08. The van der Waals surface area contributed by atoms with E-state index in [0.29, 0.717) is 10.4 Å². The average molecular weight is 230 g/mol. The van der Waals surface area contributed by atoms with E-state index in [1.54, 1.807) is 24.3 Å². The first-order chi connectivity index (χ1) is 7.75. The highest BCUT2D eigenvalue weighted by Gasteiger charge is 2.01. The Morgan fingerprint density at radius 1 is 1.25 bits per heavy atom. The summed E-state index contributed by atoms with van der Waals surface area (Å²) in [6.07, 6.45) is 0. The number of hydrogen-bond acceptors (Lipinski definition) is 2. The van der Waals surface area contributed by atoms with Crippen LogP contribution < -0.4 is 0 Å². The number of rotatable bonds is 1. The zero-order chi connectivity index (χ0) is 11.4. The van der Waals surface area contributed by atoms with Gasteiger partial charge in [-0.05, 0) is 35.6 Å². The largest absolute Gasteiger partial charge is 0.278 e. The van der Waals surface area contributed by atoms with Gasteiger partial charge in [-0.25, -0.2) is 4.39 Å². The first-order valence-corrected chi connectivity index (χ1v) is 5.49. The lowest BCUT2D eigenvalue weighted by molar-refractivity contribution is 0.106. The van der Waals surface area contributed by atoms with Crippen LogP contribution in [-0.4, -0.2) is 5.78 Å². The molecular weight excluding hydrogens is 223 g/mol. The van der Waals surface area contributed by atoms with Gasteiger partial charge in [-0.15, -0.1) is 11.3 Å². The van der Waals surface area contributed by atoms with E-state index in [4.69, 9.17) is 0 Å². The molecule has 3 heteroatoms. The quantitative estimate of drug-likeness (QED) is 0.543. The van der Waals surface area contributed by atoms with Crippen molar-refractivity contribution in [1.29, 1.82) is 0 Å². The predicted octanol–water partition coefficient (Wildman–Crippen LogP) is 3.12. The molecular formula is C13H7FOS. The lowest BCUT2D eigenvalue weighted by atomic mass is 10.2. The van der Waals surface area contributed by atoms with Crippen LogP contribution in [0.4, 0.5) is 4.39 Å². The Balaban J connectivity index is 2.20.